The van der Waals surface area contributed by atoms with Gasteiger partial charge >= 0.3 is 0 Å². The van der Waals surface area contributed by atoms with Crippen LogP contribution >= 0.6 is 0 Å². The predicted molar refractivity (Wildman–Crippen MR) is 132 cm³/mol. The van der Waals surface area contributed by atoms with Gasteiger partial charge in [0, 0.05) is 67.0 Å². The van der Waals surface area contributed by atoms with Gasteiger partial charge in [-0.1, -0.05) is 24.3 Å². The van der Waals surface area contributed by atoms with Crippen LogP contribution in [0.4, 0.5) is 0 Å². The molecule has 34 heavy (non-hydrogen) atoms. The third kappa shape index (κ3) is 4.08. The molecule has 1 aliphatic heterocycles. The van der Waals surface area contributed by atoms with Gasteiger partial charge < -0.3 is 9.72 Å². The summed E-state index contributed by atoms with van der Waals surface area (Å²) in [6.45, 7) is 7.40. The molecule has 2 N–H and O–H groups in total. The molecule has 0 spiro atoms. The number of H-pyrrole nitrogens is 2. The number of piperazine rings is 1. The Morgan fingerprint density at radius 2 is 1.97 bits per heavy atom. The number of fused-ring (bicyclic) bond motifs is 1. The summed E-state index contributed by atoms with van der Waals surface area (Å²) in [6, 6.07) is 13.3. The highest BCUT2D eigenvalue weighted by Crippen LogP contribution is 2.36. The number of methoxy groups -OCH3 is 1. The van der Waals surface area contributed by atoms with Crippen LogP contribution in [0.1, 0.15) is 35.6 Å². The van der Waals surface area contributed by atoms with Crippen molar-refractivity contribution < 1.29 is 4.74 Å². The summed E-state index contributed by atoms with van der Waals surface area (Å²) in [7, 11) is 1.78. The molecule has 2 aromatic carbocycles. The van der Waals surface area contributed by atoms with Gasteiger partial charge in [-0.05, 0) is 54.2 Å². The summed E-state index contributed by atoms with van der Waals surface area (Å²) >= 11 is 0. The Hall–Kier alpha value is -3.23. The number of nitrogens with one attached hydrogen (secondary N) is 2. The van der Waals surface area contributed by atoms with E-state index in [0.717, 1.165) is 43.4 Å². The van der Waals surface area contributed by atoms with E-state index in [1.54, 1.807) is 7.11 Å². The number of ether oxygens (including phenoxy) is 1. The second kappa shape index (κ2) is 8.85. The summed E-state index contributed by atoms with van der Waals surface area (Å²) in [5, 5.41) is 15.7. The van der Waals surface area contributed by atoms with Gasteiger partial charge in [0.25, 0.3) is 0 Å². The normalized spacial score (nSPS) is 19.6. The van der Waals surface area contributed by atoms with Crippen molar-refractivity contribution in [3.63, 3.8) is 0 Å². The smallest absolute Gasteiger partial charge is 0.204 e. The van der Waals surface area contributed by atoms with Crippen LogP contribution in [0.25, 0.3) is 22.3 Å². The van der Waals surface area contributed by atoms with Crippen molar-refractivity contribution in [3.8, 4) is 17.1 Å². The van der Waals surface area contributed by atoms with Crippen molar-refractivity contribution in [2.24, 2.45) is 5.92 Å². The van der Waals surface area contributed by atoms with Crippen molar-refractivity contribution in [2.75, 3.05) is 33.3 Å². The maximum absolute atomic E-state index is 5.85. The molecule has 2 aromatic heterocycles. The highest BCUT2D eigenvalue weighted by Gasteiger charge is 2.32. The van der Waals surface area contributed by atoms with Crippen LogP contribution in [-0.4, -0.2) is 68.7 Å². The molecule has 1 aliphatic carbocycles. The second-order valence-electron chi connectivity index (χ2n) is 9.69. The number of aromatic nitrogens is 5. The second-order valence-corrected chi connectivity index (χ2v) is 9.69. The third-order valence-electron chi connectivity index (χ3n) is 7.38. The number of hydrogen-bond acceptors (Lipinski definition) is 6. The van der Waals surface area contributed by atoms with E-state index >= 15 is 0 Å². The Morgan fingerprint density at radius 1 is 1.12 bits per heavy atom. The molecule has 1 atom stereocenters. The van der Waals surface area contributed by atoms with Crippen LogP contribution in [0.2, 0.25) is 0 Å². The highest BCUT2D eigenvalue weighted by molar-refractivity contribution is 5.88. The first-order valence-electron chi connectivity index (χ1n) is 12.1. The highest BCUT2D eigenvalue weighted by atomic mass is 16.5. The molecular formula is C26H31N7O. The zero-order valence-corrected chi connectivity index (χ0v) is 19.8. The van der Waals surface area contributed by atoms with Crippen molar-refractivity contribution >= 4 is 10.9 Å². The van der Waals surface area contributed by atoms with Crippen LogP contribution in [0.15, 0.2) is 42.6 Å². The lowest BCUT2D eigenvalue weighted by atomic mass is 9.98. The van der Waals surface area contributed by atoms with E-state index in [4.69, 9.17) is 4.74 Å². The molecule has 1 saturated carbocycles. The number of aromatic amines is 2. The van der Waals surface area contributed by atoms with Crippen molar-refractivity contribution in [2.45, 2.75) is 32.4 Å². The Labute approximate surface area is 199 Å². The zero-order valence-electron chi connectivity index (χ0n) is 19.8. The van der Waals surface area contributed by atoms with Crippen LogP contribution in [-0.2, 0) is 6.54 Å². The number of aryl methyl sites for hydroxylation is 1. The first-order valence-corrected chi connectivity index (χ1v) is 12.1. The Morgan fingerprint density at radius 3 is 2.71 bits per heavy atom. The average molecular weight is 458 g/mol. The first kappa shape index (κ1) is 21.3. The number of rotatable bonds is 7. The quantitative estimate of drug-likeness (QED) is 0.437. The van der Waals surface area contributed by atoms with Gasteiger partial charge in [-0.2, -0.15) is 5.21 Å². The van der Waals surface area contributed by atoms with Crippen LogP contribution < -0.4 is 4.74 Å². The Bertz CT molecular complexity index is 1260. The predicted octanol–water partition coefficient (Wildman–Crippen LogP) is 3.93. The lowest BCUT2D eigenvalue weighted by Gasteiger charge is -2.42. The summed E-state index contributed by atoms with van der Waals surface area (Å²) < 4.78 is 5.85. The molecule has 6 rings (SSSR count). The van der Waals surface area contributed by atoms with Gasteiger partial charge in [0.15, 0.2) is 0 Å². The fourth-order valence-corrected chi connectivity index (χ4v) is 5.34. The summed E-state index contributed by atoms with van der Waals surface area (Å²) in [4.78, 5) is 8.69. The van der Waals surface area contributed by atoms with Gasteiger partial charge in [0.1, 0.15) is 5.75 Å². The van der Waals surface area contributed by atoms with Gasteiger partial charge in [-0.3, -0.25) is 9.80 Å². The van der Waals surface area contributed by atoms with E-state index in [-0.39, 0.29) is 0 Å². The average Bonchev–Trinajstić information content (AvgIpc) is 3.30. The van der Waals surface area contributed by atoms with Gasteiger partial charge in [-0.25, -0.2) is 0 Å². The molecule has 0 bridgehead atoms. The van der Waals surface area contributed by atoms with E-state index in [2.05, 4.69) is 78.7 Å². The summed E-state index contributed by atoms with van der Waals surface area (Å²) in [5.74, 6) is 2.49. The summed E-state index contributed by atoms with van der Waals surface area (Å²) in [6.07, 6.45) is 4.80. The van der Waals surface area contributed by atoms with Gasteiger partial charge in [-0.15, -0.1) is 10.2 Å². The summed E-state index contributed by atoms with van der Waals surface area (Å²) in [5.41, 5.74) is 5.97. The monoisotopic (exact) mass is 457 g/mol. The maximum atomic E-state index is 5.85. The van der Waals surface area contributed by atoms with Gasteiger partial charge in [0.2, 0.25) is 5.82 Å². The van der Waals surface area contributed by atoms with E-state index in [0.29, 0.717) is 11.9 Å². The van der Waals surface area contributed by atoms with E-state index in [9.17, 15) is 0 Å². The van der Waals surface area contributed by atoms with E-state index in [1.165, 1.54) is 47.0 Å². The number of nitrogens with zero attached hydrogens (tertiary/aromatic N) is 5. The molecule has 3 heterocycles. The zero-order chi connectivity index (χ0) is 23.1. The molecule has 2 fully saturated rings. The molecule has 1 saturated heterocycles. The lowest BCUT2D eigenvalue weighted by Crippen LogP contribution is -2.48. The van der Waals surface area contributed by atoms with Crippen molar-refractivity contribution in [1.82, 2.24) is 35.4 Å². The van der Waals surface area contributed by atoms with Crippen LogP contribution in [0.3, 0.4) is 0 Å². The first-order chi connectivity index (χ1) is 16.7. The molecular weight excluding hydrogens is 426 g/mol. The number of tetrazole rings is 1. The Kier molecular flexibility index (Phi) is 5.55. The molecule has 0 unspecified atom stereocenters. The lowest BCUT2D eigenvalue weighted by molar-refractivity contribution is 0.0650. The molecule has 8 heteroatoms. The topological polar surface area (TPSA) is 86.0 Å². The van der Waals surface area contributed by atoms with Crippen molar-refractivity contribution in [1.29, 1.82) is 0 Å². The molecule has 8 nitrogen and oxygen atoms in total. The minimum atomic E-state index is 0.312. The third-order valence-corrected chi connectivity index (χ3v) is 7.38. The van der Waals surface area contributed by atoms with E-state index < -0.39 is 0 Å². The minimum Gasteiger partial charge on any atom is -0.496 e. The maximum Gasteiger partial charge on any atom is 0.204 e. The SMILES string of the molecule is COc1cc(C)c2[nH]ccc2c1CN1CCN(CC2CC2)C[C@H]1c1ccc(-c2nn[nH]n2)cc1. The van der Waals surface area contributed by atoms with Crippen LogP contribution in [0, 0.1) is 12.8 Å². The number of benzene rings is 2. The number of hydrogen-bond donors (Lipinski definition) is 2. The van der Waals surface area contributed by atoms with E-state index in [1.807, 2.05) is 6.20 Å². The van der Waals surface area contributed by atoms with Crippen LogP contribution in [0.5, 0.6) is 5.75 Å². The Balaban J connectivity index is 1.32. The standard InChI is InChI=1S/C26H31N7O/c1-17-13-24(34-2)22(21-9-10-27-25(17)21)15-33-12-11-32(14-18-3-4-18)16-23(33)19-5-7-20(8-6-19)26-28-30-31-29-26/h5-10,13,18,23,27H,3-4,11-12,14-16H2,1-2H3,(H,28,29,30,31)/t23-/m0/s1. The molecule has 2 aliphatic rings. The largest absolute Gasteiger partial charge is 0.496 e. The fraction of sp³-hybridized carbons (Fsp3) is 0.423. The van der Waals surface area contributed by atoms with Gasteiger partial charge in [0.05, 0.1) is 7.11 Å². The minimum absolute atomic E-state index is 0.312. The molecule has 0 amide bonds. The molecule has 4 aromatic rings. The van der Waals surface area contributed by atoms with Crippen molar-refractivity contribution in [3.05, 3.63) is 59.3 Å². The molecule has 176 valence electrons. The fourth-order valence-electron chi connectivity index (χ4n) is 5.34. The molecule has 0 radical (unpaired) electrons.